The quantitative estimate of drug-likeness (QED) is 0.472. The minimum Gasteiger partial charge on any atom is -0.312 e. The first-order valence-corrected chi connectivity index (χ1v) is 2.86. The lowest BCUT2D eigenvalue weighted by Crippen LogP contribution is -2.45. The second-order valence-electron chi connectivity index (χ2n) is 1.88. The van der Waals surface area contributed by atoms with E-state index < -0.39 is 0 Å². The molecule has 2 N–H and O–H groups in total. The maximum Gasteiger partial charge on any atom is 0.121 e. The van der Waals surface area contributed by atoms with Gasteiger partial charge in [-0.1, -0.05) is 0 Å². The number of carbonyl (C=O) groups excluding carboxylic acids is 1. The highest BCUT2D eigenvalue weighted by molar-refractivity contribution is 5.55. The van der Waals surface area contributed by atoms with Gasteiger partial charge in [0.15, 0.2) is 0 Å². The zero-order chi connectivity index (χ0) is 6.53. The Morgan fingerprint density at radius 1 is 1.89 bits per heavy atom. The first-order chi connectivity index (χ1) is 4.43. The molecule has 0 radical (unpaired) electrons. The van der Waals surface area contributed by atoms with E-state index in [0.29, 0.717) is 13.0 Å². The third kappa shape index (κ3) is 1.81. The smallest absolute Gasteiger partial charge is 0.121 e. The Bertz CT molecular complexity index is 123. The highest BCUT2D eigenvalue weighted by atomic mass is 16.1. The molecule has 0 saturated carbocycles. The highest BCUT2D eigenvalue weighted by Gasteiger charge is 2.06. The van der Waals surface area contributed by atoms with E-state index in [4.69, 9.17) is 0 Å². The minimum atomic E-state index is 0.174. The molecule has 0 aromatic carbocycles. The van der Waals surface area contributed by atoms with Crippen molar-refractivity contribution in [3.63, 3.8) is 0 Å². The van der Waals surface area contributed by atoms with Crippen molar-refractivity contribution in [1.29, 1.82) is 0 Å². The Labute approximate surface area is 53.3 Å². The fraction of sp³-hybridized carbons (Fsp3) is 0.600. The van der Waals surface area contributed by atoms with E-state index in [9.17, 15) is 4.79 Å². The van der Waals surface area contributed by atoms with E-state index in [0.717, 1.165) is 6.29 Å². The summed E-state index contributed by atoms with van der Waals surface area (Å²) >= 11 is 0. The molecule has 0 aliphatic carbocycles. The van der Waals surface area contributed by atoms with Crippen LogP contribution in [0.5, 0.6) is 0 Å². The molecule has 9 heavy (non-hydrogen) atoms. The molecule has 4 heteroatoms. The van der Waals surface area contributed by atoms with E-state index in [1.165, 1.54) is 0 Å². The maximum atomic E-state index is 9.95. The molecule has 1 heterocycles. The minimum absolute atomic E-state index is 0.174. The molecule has 4 nitrogen and oxygen atoms in total. The number of carbonyl (C=O) groups is 1. The Morgan fingerprint density at radius 2 is 2.78 bits per heavy atom. The number of aliphatic imine (C=N–C) groups is 1. The van der Waals surface area contributed by atoms with Crippen LogP contribution in [0, 0.1) is 0 Å². The molecule has 0 spiro atoms. The molecule has 0 fully saturated rings. The van der Waals surface area contributed by atoms with Crippen LogP contribution in [0.1, 0.15) is 6.42 Å². The maximum absolute atomic E-state index is 9.95. The third-order valence-electron chi connectivity index (χ3n) is 1.15. The van der Waals surface area contributed by atoms with E-state index in [1.54, 1.807) is 6.34 Å². The van der Waals surface area contributed by atoms with Gasteiger partial charge in [-0.3, -0.25) is 4.99 Å². The number of hydrazine groups is 1. The van der Waals surface area contributed by atoms with Crippen LogP contribution in [0.3, 0.4) is 0 Å². The van der Waals surface area contributed by atoms with Crippen molar-refractivity contribution in [1.82, 2.24) is 10.9 Å². The first kappa shape index (κ1) is 6.22. The molecule has 1 aliphatic rings. The summed E-state index contributed by atoms with van der Waals surface area (Å²) in [5.41, 5.74) is 5.61. The zero-order valence-corrected chi connectivity index (χ0v) is 5.00. The first-order valence-electron chi connectivity index (χ1n) is 2.86. The molecule has 0 amide bonds. The van der Waals surface area contributed by atoms with Crippen LogP contribution in [-0.4, -0.2) is 25.2 Å². The number of aldehydes is 1. The molecular formula is C5H9N3O. The molecule has 1 unspecified atom stereocenters. The van der Waals surface area contributed by atoms with Crippen LogP contribution in [0.4, 0.5) is 0 Å². The van der Waals surface area contributed by atoms with Gasteiger partial charge in [-0.15, -0.1) is 0 Å². The van der Waals surface area contributed by atoms with Crippen molar-refractivity contribution in [3.05, 3.63) is 0 Å². The van der Waals surface area contributed by atoms with Crippen LogP contribution in [0.25, 0.3) is 0 Å². The SMILES string of the molecule is O=CCC1CN=CNN1. The average Bonchev–Trinajstić information content (AvgIpc) is 1.91. The predicted molar refractivity (Wildman–Crippen MR) is 34.1 cm³/mol. The van der Waals surface area contributed by atoms with E-state index >= 15 is 0 Å². The molecule has 1 aliphatic heterocycles. The van der Waals surface area contributed by atoms with Gasteiger partial charge in [0, 0.05) is 6.42 Å². The monoisotopic (exact) mass is 127 g/mol. The van der Waals surface area contributed by atoms with E-state index in [-0.39, 0.29) is 6.04 Å². The van der Waals surface area contributed by atoms with Gasteiger partial charge in [0.05, 0.1) is 18.9 Å². The van der Waals surface area contributed by atoms with E-state index in [1.807, 2.05) is 0 Å². The molecule has 0 saturated heterocycles. The fourth-order valence-electron chi connectivity index (χ4n) is 0.676. The van der Waals surface area contributed by atoms with Gasteiger partial charge in [0.25, 0.3) is 0 Å². The standard InChI is InChI=1S/C5H9N3O/c9-2-1-5-3-6-4-7-8-5/h2,4-5,8H,1,3H2,(H,6,7). The van der Waals surface area contributed by atoms with Crippen molar-refractivity contribution in [2.75, 3.05) is 6.54 Å². The van der Waals surface area contributed by atoms with Crippen LogP contribution in [-0.2, 0) is 4.79 Å². The summed E-state index contributed by atoms with van der Waals surface area (Å²) in [7, 11) is 0. The lowest BCUT2D eigenvalue weighted by Gasteiger charge is -2.16. The highest BCUT2D eigenvalue weighted by Crippen LogP contribution is 1.89. The Morgan fingerprint density at radius 3 is 3.33 bits per heavy atom. The van der Waals surface area contributed by atoms with E-state index in [2.05, 4.69) is 15.8 Å². The summed E-state index contributed by atoms with van der Waals surface area (Å²) in [5.74, 6) is 0. The summed E-state index contributed by atoms with van der Waals surface area (Å²) in [6.45, 7) is 0.686. The van der Waals surface area contributed by atoms with Crippen molar-refractivity contribution < 1.29 is 4.79 Å². The Balaban J connectivity index is 2.26. The van der Waals surface area contributed by atoms with Gasteiger partial charge < -0.3 is 10.2 Å². The van der Waals surface area contributed by atoms with Gasteiger partial charge in [-0.2, -0.15) is 0 Å². The second-order valence-corrected chi connectivity index (χ2v) is 1.88. The molecule has 1 atom stereocenters. The van der Waals surface area contributed by atoms with Gasteiger partial charge in [-0.25, -0.2) is 5.43 Å². The number of hydrogen-bond donors (Lipinski definition) is 2. The molecular weight excluding hydrogens is 118 g/mol. The zero-order valence-electron chi connectivity index (χ0n) is 5.00. The van der Waals surface area contributed by atoms with Crippen molar-refractivity contribution in [2.45, 2.75) is 12.5 Å². The Hall–Kier alpha value is -0.900. The van der Waals surface area contributed by atoms with Gasteiger partial charge in [0.2, 0.25) is 0 Å². The molecule has 0 aromatic rings. The predicted octanol–water partition coefficient (Wildman–Crippen LogP) is -0.920. The lowest BCUT2D eigenvalue weighted by molar-refractivity contribution is -0.108. The normalized spacial score (nSPS) is 25.1. The average molecular weight is 127 g/mol. The van der Waals surface area contributed by atoms with Crippen molar-refractivity contribution in [2.24, 2.45) is 4.99 Å². The third-order valence-corrected chi connectivity index (χ3v) is 1.15. The molecule has 1 rings (SSSR count). The molecule has 50 valence electrons. The summed E-state index contributed by atoms with van der Waals surface area (Å²) in [6, 6.07) is 0.174. The molecule has 0 bridgehead atoms. The van der Waals surface area contributed by atoms with Crippen LogP contribution >= 0.6 is 0 Å². The largest absolute Gasteiger partial charge is 0.312 e. The fourth-order valence-corrected chi connectivity index (χ4v) is 0.676. The summed E-state index contributed by atoms with van der Waals surface area (Å²) in [6.07, 6.45) is 2.99. The summed E-state index contributed by atoms with van der Waals surface area (Å²) in [5, 5.41) is 0. The van der Waals surface area contributed by atoms with Gasteiger partial charge in [-0.05, 0) is 0 Å². The van der Waals surface area contributed by atoms with Crippen LogP contribution in [0.2, 0.25) is 0 Å². The van der Waals surface area contributed by atoms with Crippen LogP contribution < -0.4 is 10.9 Å². The topological polar surface area (TPSA) is 53.5 Å². The van der Waals surface area contributed by atoms with Crippen molar-refractivity contribution in [3.8, 4) is 0 Å². The summed E-state index contributed by atoms with van der Waals surface area (Å²) < 4.78 is 0. The number of nitrogens with zero attached hydrogens (tertiary/aromatic N) is 1. The lowest BCUT2D eigenvalue weighted by atomic mass is 10.2. The number of rotatable bonds is 2. The van der Waals surface area contributed by atoms with Gasteiger partial charge in [0.1, 0.15) is 6.29 Å². The van der Waals surface area contributed by atoms with Gasteiger partial charge >= 0.3 is 0 Å². The number of nitrogens with one attached hydrogen (secondary N) is 2. The van der Waals surface area contributed by atoms with Crippen molar-refractivity contribution >= 4 is 12.6 Å². The van der Waals surface area contributed by atoms with Crippen LogP contribution in [0.15, 0.2) is 4.99 Å². The Kier molecular flexibility index (Phi) is 2.21. The second kappa shape index (κ2) is 3.19. The summed E-state index contributed by atoms with van der Waals surface area (Å²) in [4.78, 5) is 13.9. The number of hydrogen-bond acceptors (Lipinski definition) is 4. The molecule has 0 aromatic heterocycles.